The van der Waals surface area contributed by atoms with Crippen LogP contribution in [0.5, 0.6) is 0 Å². The molecule has 2 aromatic heterocycles. The minimum atomic E-state index is -0.510. The molecule has 0 aromatic carbocycles. The Bertz CT molecular complexity index is 853. The molecule has 2 aliphatic heterocycles. The number of hydrogen-bond donors (Lipinski definition) is 1. The van der Waals surface area contributed by atoms with Gasteiger partial charge in [-0.2, -0.15) is 0 Å². The SMILES string of the molecule is Cc1cc(C)c2c(N3CCC(C(N)=O)(N4CCCCC4)CC3)ncnc2n1. The molecule has 4 heterocycles. The third-order valence-corrected chi connectivity index (χ3v) is 6.22. The van der Waals surface area contributed by atoms with Gasteiger partial charge in [-0.15, -0.1) is 0 Å². The fourth-order valence-electron chi connectivity index (χ4n) is 4.76. The minimum Gasteiger partial charge on any atom is -0.368 e. The number of amides is 1. The predicted molar refractivity (Wildman–Crippen MR) is 106 cm³/mol. The van der Waals surface area contributed by atoms with Crippen LogP contribution in [0.3, 0.4) is 0 Å². The van der Waals surface area contributed by atoms with Gasteiger partial charge in [0.25, 0.3) is 0 Å². The van der Waals surface area contributed by atoms with Crippen LogP contribution < -0.4 is 10.6 Å². The van der Waals surface area contributed by atoms with E-state index in [0.717, 1.165) is 80.0 Å². The van der Waals surface area contributed by atoms with Gasteiger partial charge in [0.1, 0.15) is 17.7 Å². The van der Waals surface area contributed by atoms with Crippen LogP contribution in [-0.4, -0.2) is 57.5 Å². The molecular formula is C20H28N6O. The van der Waals surface area contributed by atoms with Crippen LogP contribution in [0.4, 0.5) is 5.82 Å². The number of aromatic nitrogens is 3. The van der Waals surface area contributed by atoms with Crippen LogP contribution in [0.25, 0.3) is 11.0 Å². The molecule has 2 saturated heterocycles. The maximum atomic E-state index is 12.4. The van der Waals surface area contributed by atoms with Crippen molar-refractivity contribution in [2.75, 3.05) is 31.1 Å². The number of piperidine rings is 2. The van der Waals surface area contributed by atoms with Gasteiger partial charge in [0.05, 0.1) is 5.39 Å². The van der Waals surface area contributed by atoms with E-state index in [2.05, 4.69) is 37.7 Å². The first kappa shape index (κ1) is 18.1. The first-order valence-corrected chi connectivity index (χ1v) is 9.90. The fraction of sp³-hybridized carbons (Fsp3) is 0.600. The number of nitrogens with two attached hydrogens (primary N) is 1. The van der Waals surface area contributed by atoms with Crippen LogP contribution in [0.15, 0.2) is 12.4 Å². The van der Waals surface area contributed by atoms with Crippen molar-refractivity contribution in [3.63, 3.8) is 0 Å². The van der Waals surface area contributed by atoms with Crippen LogP contribution in [-0.2, 0) is 4.79 Å². The van der Waals surface area contributed by atoms with E-state index in [1.54, 1.807) is 6.33 Å². The standard InChI is InChI=1S/C20H28N6O/c1-14-12-15(2)24-17-16(14)18(23-13-22-17)25-10-6-20(7-11-25,19(21)27)26-8-4-3-5-9-26/h12-13H,3-11H2,1-2H3,(H2,21,27). The number of primary amides is 1. The Morgan fingerprint density at radius 1 is 1.07 bits per heavy atom. The Kier molecular flexibility index (Phi) is 4.72. The van der Waals surface area contributed by atoms with Crippen molar-refractivity contribution in [3.05, 3.63) is 23.7 Å². The molecule has 0 bridgehead atoms. The fourth-order valence-corrected chi connectivity index (χ4v) is 4.76. The van der Waals surface area contributed by atoms with Crippen molar-refractivity contribution in [1.29, 1.82) is 0 Å². The van der Waals surface area contributed by atoms with Crippen molar-refractivity contribution in [3.8, 4) is 0 Å². The highest BCUT2D eigenvalue weighted by Gasteiger charge is 2.45. The third kappa shape index (κ3) is 3.14. The van der Waals surface area contributed by atoms with E-state index in [9.17, 15) is 4.79 Å². The Morgan fingerprint density at radius 3 is 2.44 bits per heavy atom. The van der Waals surface area contributed by atoms with E-state index in [-0.39, 0.29) is 5.91 Å². The first-order valence-electron chi connectivity index (χ1n) is 9.90. The van der Waals surface area contributed by atoms with Crippen molar-refractivity contribution in [2.45, 2.75) is 51.5 Å². The molecule has 27 heavy (non-hydrogen) atoms. The number of hydrogen-bond acceptors (Lipinski definition) is 6. The second-order valence-electron chi connectivity index (χ2n) is 7.91. The van der Waals surface area contributed by atoms with Gasteiger partial charge in [-0.1, -0.05) is 6.42 Å². The molecule has 1 amide bonds. The number of likely N-dealkylation sites (tertiary alicyclic amines) is 1. The van der Waals surface area contributed by atoms with Gasteiger partial charge in [-0.3, -0.25) is 9.69 Å². The summed E-state index contributed by atoms with van der Waals surface area (Å²) in [6.07, 6.45) is 6.62. The van der Waals surface area contributed by atoms with Gasteiger partial charge in [0.15, 0.2) is 5.65 Å². The lowest BCUT2D eigenvalue weighted by molar-refractivity contribution is -0.132. The predicted octanol–water partition coefficient (Wildman–Crippen LogP) is 1.95. The topological polar surface area (TPSA) is 88.2 Å². The molecule has 0 radical (unpaired) electrons. The van der Waals surface area contributed by atoms with Crippen molar-refractivity contribution >= 4 is 22.8 Å². The van der Waals surface area contributed by atoms with Crippen LogP contribution in [0.1, 0.15) is 43.4 Å². The van der Waals surface area contributed by atoms with Crippen LogP contribution in [0, 0.1) is 13.8 Å². The van der Waals surface area contributed by atoms with Crippen molar-refractivity contribution in [2.24, 2.45) is 5.73 Å². The second-order valence-corrected chi connectivity index (χ2v) is 7.91. The first-order chi connectivity index (χ1) is 13.0. The highest BCUT2D eigenvalue weighted by atomic mass is 16.1. The monoisotopic (exact) mass is 368 g/mol. The van der Waals surface area contributed by atoms with E-state index in [0.29, 0.717) is 0 Å². The average molecular weight is 368 g/mol. The van der Waals surface area contributed by atoms with Crippen LogP contribution in [0.2, 0.25) is 0 Å². The zero-order valence-electron chi connectivity index (χ0n) is 16.2. The van der Waals surface area contributed by atoms with Gasteiger partial charge >= 0.3 is 0 Å². The number of nitrogens with zero attached hydrogens (tertiary/aromatic N) is 5. The number of fused-ring (bicyclic) bond motifs is 1. The number of anilines is 1. The number of carbonyl (C=O) groups excluding carboxylic acids is 1. The zero-order chi connectivity index (χ0) is 19.0. The normalized spacial score (nSPS) is 20.7. The third-order valence-electron chi connectivity index (χ3n) is 6.22. The molecule has 2 fully saturated rings. The van der Waals surface area contributed by atoms with E-state index < -0.39 is 5.54 Å². The van der Waals surface area contributed by atoms with Crippen molar-refractivity contribution < 1.29 is 4.79 Å². The summed E-state index contributed by atoms with van der Waals surface area (Å²) in [7, 11) is 0. The molecule has 0 unspecified atom stereocenters. The van der Waals surface area contributed by atoms with Gasteiger partial charge in [0.2, 0.25) is 5.91 Å². The highest BCUT2D eigenvalue weighted by Crippen LogP contribution is 2.35. The van der Waals surface area contributed by atoms with Gasteiger partial charge < -0.3 is 10.6 Å². The summed E-state index contributed by atoms with van der Waals surface area (Å²) in [6, 6.07) is 2.07. The van der Waals surface area contributed by atoms with E-state index in [1.165, 1.54) is 6.42 Å². The Labute approximate surface area is 160 Å². The summed E-state index contributed by atoms with van der Waals surface area (Å²) in [5.41, 5.74) is 8.23. The Balaban J connectivity index is 1.62. The maximum absolute atomic E-state index is 12.4. The van der Waals surface area contributed by atoms with Gasteiger partial charge in [-0.05, 0) is 64.3 Å². The molecule has 144 valence electrons. The van der Waals surface area contributed by atoms with E-state index in [4.69, 9.17) is 5.73 Å². The van der Waals surface area contributed by atoms with Crippen LogP contribution >= 0.6 is 0 Å². The smallest absolute Gasteiger partial charge is 0.238 e. The maximum Gasteiger partial charge on any atom is 0.238 e. The molecule has 2 aromatic rings. The number of rotatable bonds is 3. The summed E-state index contributed by atoms with van der Waals surface area (Å²) in [4.78, 5) is 30.5. The molecule has 0 aliphatic carbocycles. The lowest BCUT2D eigenvalue weighted by Crippen LogP contribution is -2.63. The molecule has 2 N–H and O–H groups in total. The summed E-state index contributed by atoms with van der Waals surface area (Å²) in [5, 5.41) is 1.01. The lowest BCUT2D eigenvalue weighted by Gasteiger charge is -2.48. The molecule has 2 aliphatic rings. The number of pyridine rings is 1. The summed E-state index contributed by atoms with van der Waals surface area (Å²) in [5.74, 6) is 0.742. The molecule has 4 rings (SSSR count). The number of aryl methyl sites for hydroxylation is 2. The summed E-state index contributed by atoms with van der Waals surface area (Å²) >= 11 is 0. The molecule has 7 nitrogen and oxygen atoms in total. The number of carbonyl (C=O) groups is 1. The van der Waals surface area contributed by atoms with E-state index in [1.807, 2.05) is 6.92 Å². The summed E-state index contributed by atoms with van der Waals surface area (Å²) in [6.45, 7) is 7.53. The molecular weight excluding hydrogens is 340 g/mol. The largest absolute Gasteiger partial charge is 0.368 e. The quantitative estimate of drug-likeness (QED) is 0.891. The highest BCUT2D eigenvalue weighted by molar-refractivity contribution is 5.90. The second kappa shape index (κ2) is 7.03. The lowest BCUT2D eigenvalue weighted by atomic mass is 9.83. The molecule has 0 atom stereocenters. The van der Waals surface area contributed by atoms with Crippen molar-refractivity contribution in [1.82, 2.24) is 19.9 Å². The minimum absolute atomic E-state index is 0.176. The molecule has 7 heteroatoms. The molecule has 0 spiro atoms. The average Bonchev–Trinajstić information content (AvgIpc) is 2.68. The van der Waals surface area contributed by atoms with Gasteiger partial charge in [0, 0.05) is 18.8 Å². The van der Waals surface area contributed by atoms with E-state index >= 15 is 0 Å². The Morgan fingerprint density at radius 2 is 1.78 bits per heavy atom. The Hall–Kier alpha value is -2.28. The van der Waals surface area contributed by atoms with Gasteiger partial charge in [-0.25, -0.2) is 15.0 Å². The summed E-state index contributed by atoms with van der Waals surface area (Å²) < 4.78 is 0. The zero-order valence-corrected chi connectivity index (χ0v) is 16.2. The molecule has 0 saturated carbocycles.